The number of fused-ring (bicyclic) bond motifs is 1. The molecule has 0 spiro atoms. The van der Waals surface area contributed by atoms with Crippen LogP contribution in [0.1, 0.15) is 18.1 Å². The molecule has 0 radical (unpaired) electrons. The summed E-state index contributed by atoms with van der Waals surface area (Å²) in [6.45, 7) is 1.97. The standard InChI is InChI=1S/C24H19N5O/c1-15-29(2)28-24(30-15)19-8-4-7-18(12-19)20-9-10-26-23-22(20)21(14-27-23)17-6-3-5-16(11-17)13-25/h3-12,14-15H,1-2H3,(H,26,27). The van der Waals surface area contributed by atoms with Crippen molar-refractivity contribution in [2.24, 2.45) is 5.10 Å². The summed E-state index contributed by atoms with van der Waals surface area (Å²) in [7, 11) is 1.90. The maximum absolute atomic E-state index is 9.28. The highest BCUT2D eigenvalue weighted by molar-refractivity contribution is 6.05. The molecule has 1 unspecified atom stereocenters. The summed E-state index contributed by atoms with van der Waals surface area (Å²) in [6, 6.07) is 20.0. The van der Waals surface area contributed by atoms with Crippen LogP contribution in [0.3, 0.4) is 0 Å². The average Bonchev–Trinajstić information content (AvgIpc) is 3.37. The maximum Gasteiger partial charge on any atom is 0.240 e. The number of hydrazone groups is 1. The summed E-state index contributed by atoms with van der Waals surface area (Å²) < 4.78 is 5.87. The molecule has 1 aliphatic rings. The SMILES string of the molecule is CC1OC(c2cccc(-c3ccnc4[nH]cc(-c5cccc(C#N)c5)c34)c2)=NN1C. The van der Waals surface area contributed by atoms with Crippen molar-refractivity contribution >= 4 is 16.9 Å². The van der Waals surface area contributed by atoms with Gasteiger partial charge in [0.15, 0.2) is 6.23 Å². The van der Waals surface area contributed by atoms with Crippen molar-refractivity contribution in [3.63, 3.8) is 0 Å². The van der Waals surface area contributed by atoms with Gasteiger partial charge in [0.05, 0.1) is 11.6 Å². The van der Waals surface area contributed by atoms with Gasteiger partial charge in [-0.3, -0.25) is 5.01 Å². The van der Waals surface area contributed by atoms with Gasteiger partial charge in [0, 0.05) is 36.0 Å². The number of hydrogen-bond acceptors (Lipinski definition) is 5. The molecule has 0 aliphatic carbocycles. The minimum absolute atomic E-state index is 0.0834. The van der Waals surface area contributed by atoms with Crippen LogP contribution < -0.4 is 0 Å². The first-order chi connectivity index (χ1) is 14.6. The van der Waals surface area contributed by atoms with Gasteiger partial charge in [0.2, 0.25) is 5.90 Å². The Morgan fingerprint density at radius 1 is 1.03 bits per heavy atom. The first-order valence-electron chi connectivity index (χ1n) is 9.69. The Balaban J connectivity index is 1.66. The van der Waals surface area contributed by atoms with Crippen molar-refractivity contribution in [1.29, 1.82) is 5.26 Å². The predicted molar refractivity (Wildman–Crippen MR) is 117 cm³/mol. The second kappa shape index (κ2) is 7.05. The van der Waals surface area contributed by atoms with Gasteiger partial charge >= 0.3 is 0 Å². The summed E-state index contributed by atoms with van der Waals surface area (Å²) in [5.74, 6) is 0.619. The Morgan fingerprint density at radius 3 is 2.57 bits per heavy atom. The molecular formula is C24H19N5O. The van der Waals surface area contributed by atoms with E-state index in [-0.39, 0.29) is 6.23 Å². The van der Waals surface area contributed by atoms with Gasteiger partial charge in [-0.15, -0.1) is 5.10 Å². The van der Waals surface area contributed by atoms with Crippen LogP contribution in [-0.2, 0) is 4.74 Å². The van der Waals surface area contributed by atoms with Gasteiger partial charge in [-0.1, -0.05) is 24.3 Å². The first kappa shape index (κ1) is 18.0. The zero-order valence-corrected chi connectivity index (χ0v) is 16.6. The number of aromatic nitrogens is 2. The third kappa shape index (κ3) is 2.97. The molecule has 3 heterocycles. The van der Waals surface area contributed by atoms with E-state index in [1.54, 1.807) is 17.3 Å². The van der Waals surface area contributed by atoms with Gasteiger partial charge in [0.1, 0.15) is 5.65 Å². The molecule has 0 bridgehead atoms. The average molecular weight is 393 g/mol. The molecule has 2 aromatic heterocycles. The van der Waals surface area contributed by atoms with E-state index in [1.807, 2.05) is 56.6 Å². The highest BCUT2D eigenvalue weighted by atomic mass is 16.5. The molecule has 146 valence electrons. The number of hydrogen-bond donors (Lipinski definition) is 1. The van der Waals surface area contributed by atoms with E-state index in [2.05, 4.69) is 33.3 Å². The van der Waals surface area contributed by atoms with E-state index in [9.17, 15) is 5.26 Å². The third-order valence-corrected chi connectivity index (χ3v) is 5.35. The van der Waals surface area contributed by atoms with Crippen molar-refractivity contribution in [3.05, 3.63) is 78.1 Å². The molecule has 30 heavy (non-hydrogen) atoms. The number of pyridine rings is 1. The number of rotatable bonds is 3. The minimum Gasteiger partial charge on any atom is -0.451 e. The van der Waals surface area contributed by atoms with E-state index >= 15 is 0 Å². The summed E-state index contributed by atoms with van der Waals surface area (Å²) in [5, 5.41) is 16.6. The fourth-order valence-electron chi connectivity index (χ4n) is 3.71. The lowest BCUT2D eigenvalue weighted by atomic mass is 9.96. The molecule has 1 aliphatic heterocycles. The normalized spacial score (nSPS) is 15.7. The number of ether oxygens (including phenoxy) is 1. The summed E-state index contributed by atoms with van der Waals surface area (Å²) in [4.78, 5) is 7.77. The molecule has 2 aromatic carbocycles. The number of nitriles is 1. The molecule has 0 saturated heterocycles. The zero-order chi connectivity index (χ0) is 20.7. The highest BCUT2D eigenvalue weighted by Crippen LogP contribution is 2.36. The molecule has 1 atom stereocenters. The Labute approximate surface area is 174 Å². The van der Waals surface area contributed by atoms with Gasteiger partial charge in [0.25, 0.3) is 0 Å². The third-order valence-electron chi connectivity index (χ3n) is 5.35. The highest BCUT2D eigenvalue weighted by Gasteiger charge is 2.22. The van der Waals surface area contributed by atoms with Crippen LogP contribution in [0.2, 0.25) is 0 Å². The van der Waals surface area contributed by atoms with Gasteiger partial charge in [-0.2, -0.15) is 5.26 Å². The molecule has 4 aromatic rings. The number of H-pyrrole nitrogens is 1. The monoisotopic (exact) mass is 393 g/mol. The quantitative estimate of drug-likeness (QED) is 0.545. The zero-order valence-electron chi connectivity index (χ0n) is 16.6. The Kier molecular flexibility index (Phi) is 4.22. The summed E-state index contributed by atoms with van der Waals surface area (Å²) in [5.41, 5.74) is 6.45. The second-order valence-electron chi connectivity index (χ2n) is 7.25. The summed E-state index contributed by atoms with van der Waals surface area (Å²) >= 11 is 0. The number of nitrogens with one attached hydrogen (secondary N) is 1. The lowest BCUT2D eigenvalue weighted by molar-refractivity contribution is 0.0961. The van der Waals surface area contributed by atoms with Gasteiger partial charge in [-0.05, 0) is 53.9 Å². The lowest BCUT2D eigenvalue weighted by Gasteiger charge is -2.11. The van der Waals surface area contributed by atoms with Crippen LogP contribution in [0.25, 0.3) is 33.3 Å². The molecule has 0 amide bonds. The Hall–Kier alpha value is -4.11. The van der Waals surface area contributed by atoms with Crippen molar-refractivity contribution < 1.29 is 4.74 Å². The van der Waals surface area contributed by atoms with Crippen LogP contribution >= 0.6 is 0 Å². The largest absolute Gasteiger partial charge is 0.451 e. The molecular weight excluding hydrogens is 374 g/mol. The van der Waals surface area contributed by atoms with Crippen molar-refractivity contribution in [3.8, 4) is 28.3 Å². The van der Waals surface area contributed by atoms with Crippen LogP contribution in [0.15, 0.2) is 72.1 Å². The molecule has 0 fully saturated rings. The number of benzene rings is 2. The Bertz CT molecular complexity index is 1330. The summed E-state index contributed by atoms with van der Waals surface area (Å²) in [6.07, 6.45) is 3.66. The molecule has 6 heteroatoms. The van der Waals surface area contributed by atoms with E-state index in [4.69, 9.17) is 4.74 Å². The van der Waals surface area contributed by atoms with E-state index < -0.39 is 0 Å². The molecule has 0 saturated carbocycles. The van der Waals surface area contributed by atoms with E-state index in [1.165, 1.54) is 0 Å². The van der Waals surface area contributed by atoms with Gasteiger partial charge in [-0.25, -0.2) is 4.98 Å². The van der Waals surface area contributed by atoms with E-state index in [0.717, 1.165) is 38.9 Å². The molecule has 1 N–H and O–H groups in total. The van der Waals surface area contributed by atoms with Crippen molar-refractivity contribution in [1.82, 2.24) is 15.0 Å². The van der Waals surface area contributed by atoms with Crippen molar-refractivity contribution in [2.75, 3.05) is 7.05 Å². The smallest absolute Gasteiger partial charge is 0.240 e. The second-order valence-corrected chi connectivity index (χ2v) is 7.25. The maximum atomic E-state index is 9.28. The van der Waals surface area contributed by atoms with Crippen LogP contribution in [-0.4, -0.2) is 34.2 Å². The van der Waals surface area contributed by atoms with E-state index in [0.29, 0.717) is 11.5 Å². The Morgan fingerprint density at radius 2 is 1.80 bits per heavy atom. The van der Waals surface area contributed by atoms with Gasteiger partial charge < -0.3 is 9.72 Å². The van der Waals surface area contributed by atoms with Crippen LogP contribution in [0.4, 0.5) is 0 Å². The minimum atomic E-state index is -0.0834. The van der Waals surface area contributed by atoms with Crippen LogP contribution in [0.5, 0.6) is 0 Å². The number of nitrogens with zero attached hydrogens (tertiary/aromatic N) is 4. The molecule has 5 rings (SSSR count). The first-order valence-corrected chi connectivity index (χ1v) is 9.69. The van der Waals surface area contributed by atoms with Crippen molar-refractivity contribution in [2.45, 2.75) is 13.2 Å². The molecule has 6 nitrogen and oxygen atoms in total. The fraction of sp³-hybridized carbons (Fsp3) is 0.125. The lowest BCUT2D eigenvalue weighted by Crippen LogP contribution is -2.20. The fourth-order valence-corrected chi connectivity index (χ4v) is 3.71. The predicted octanol–water partition coefficient (Wildman–Crippen LogP) is 4.74. The van der Waals surface area contributed by atoms with Crippen LogP contribution in [0, 0.1) is 11.3 Å². The topological polar surface area (TPSA) is 77.3 Å². The number of aromatic amines is 1.